The zero-order valence-corrected chi connectivity index (χ0v) is 14.1. The molecular formula is C17H17N5O4. The van der Waals surface area contributed by atoms with Crippen LogP contribution in [0, 0.1) is 6.92 Å². The van der Waals surface area contributed by atoms with Crippen LogP contribution in [0.15, 0.2) is 33.8 Å². The van der Waals surface area contributed by atoms with Crippen LogP contribution in [0.25, 0.3) is 5.65 Å². The summed E-state index contributed by atoms with van der Waals surface area (Å²) in [6.07, 6.45) is 5.13. The van der Waals surface area contributed by atoms with E-state index in [1.165, 1.54) is 28.9 Å². The molecule has 26 heavy (non-hydrogen) atoms. The lowest BCUT2D eigenvalue weighted by Crippen LogP contribution is -2.41. The Balaban J connectivity index is 1.75. The van der Waals surface area contributed by atoms with Crippen molar-refractivity contribution in [3.05, 3.63) is 52.2 Å². The summed E-state index contributed by atoms with van der Waals surface area (Å²) in [7, 11) is 0. The molecular weight excluding hydrogens is 338 g/mol. The van der Waals surface area contributed by atoms with Crippen LogP contribution in [-0.2, 0) is 0 Å². The number of carbonyl (C=O) groups is 1. The Labute approximate surface area is 147 Å². The van der Waals surface area contributed by atoms with E-state index >= 15 is 0 Å². The minimum Gasteiger partial charge on any atom is -0.504 e. The van der Waals surface area contributed by atoms with Gasteiger partial charge in [-0.05, 0) is 38.3 Å². The molecule has 1 amide bonds. The standard InChI is InChI=1S/C17H17N5O4/c1-10-19-15(26-20-10)12-5-2-3-7-21(12)16(24)11-9-18-14-13(23)6-4-8-22(14)17(11)25/h4,6,8-9,12,23H,2-3,5,7H2,1H3/t12-/m0/s1. The van der Waals surface area contributed by atoms with Crippen molar-refractivity contribution < 1.29 is 14.4 Å². The minimum atomic E-state index is -0.526. The number of hydrogen-bond donors (Lipinski definition) is 1. The van der Waals surface area contributed by atoms with Gasteiger partial charge in [0.05, 0.1) is 0 Å². The van der Waals surface area contributed by atoms with E-state index in [0.717, 1.165) is 12.8 Å². The first-order valence-corrected chi connectivity index (χ1v) is 8.37. The average molecular weight is 355 g/mol. The number of fused-ring (bicyclic) bond motifs is 1. The van der Waals surface area contributed by atoms with Crippen molar-refractivity contribution in [3.63, 3.8) is 0 Å². The van der Waals surface area contributed by atoms with E-state index in [2.05, 4.69) is 15.1 Å². The van der Waals surface area contributed by atoms with E-state index in [4.69, 9.17) is 4.52 Å². The molecule has 0 radical (unpaired) electrons. The summed E-state index contributed by atoms with van der Waals surface area (Å²) in [6.45, 7) is 2.21. The second-order valence-corrected chi connectivity index (χ2v) is 6.25. The van der Waals surface area contributed by atoms with Gasteiger partial charge in [-0.2, -0.15) is 4.98 Å². The van der Waals surface area contributed by atoms with E-state index in [-0.39, 0.29) is 23.0 Å². The van der Waals surface area contributed by atoms with Gasteiger partial charge in [-0.15, -0.1) is 0 Å². The molecule has 0 aliphatic carbocycles. The van der Waals surface area contributed by atoms with Crippen molar-refractivity contribution >= 4 is 11.6 Å². The summed E-state index contributed by atoms with van der Waals surface area (Å²) in [6, 6.07) is 2.59. The summed E-state index contributed by atoms with van der Waals surface area (Å²) >= 11 is 0. The fourth-order valence-electron chi connectivity index (χ4n) is 3.27. The van der Waals surface area contributed by atoms with E-state index in [9.17, 15) is 14.7 Å². The van der Waals surface area contributed by atoms with Gasteiger partial charge < -0.3 is 14.5 Å². The summed E-state index contributed by atoms with van der Waals surface area (Å²) in [5.41, 5.74) is -0.477. The van der Waals surface area contributed by atoms with Gasteiger partial charge in [0.1, 0.15) is 11.6 Å². The number of amides is 1. The van der Waals surface area contributed by atoms with Crippen LogP contribution in [0.4, 0.5) is 0 Å². The van der Waals surface area contributed by atoms with Gasteiger partial charge in [0.2, 0.25) is 5.89 Å². The molecule has 134 valence electrons. The Morgan fingerprint density at radius 2 is 2.23 bits per heavy atom. The van der Waals surface area contributed by atoms with Crippen LogP contribution in [0.1, 0.15) is 47.4 Å². The average Bonchev–Trinajstić information content (AvgIpc) is 3.08. The number of nitrogens with zero attached hydrogens (tertiary/aromatic N) is 5. The van der Waals surface area contributed by atoms with Gasteiger partial charge in [0, 0.05) is 18.9 Å². The summed E-state index contributed by atoms with van der Waals surface area (Å²) in [5, 5.41) is 13.6. The SMILES string of the molecule is Cc1noc([C@@H]2CCCCN2C(=O)c2cnc3c(O)cccn3c2=O)n1. The maximum Gasteiger partial charge on any atom is 0.270 e. The summed E-state index contributed by atoms with van der Waals surface area (Å²) < 4.78 is 6.41. The Kier molecular flexibility index (Phi) is 3.90. The molecule has 0 bridgehead atoms. The number of carbonyl (C=O) groups excluding carboxylic acids is 1. The Morgan fingerprint density at radius 3 is 3.00 bits per heavy atom. The normalized spacial score (nSPS) is 17.6. The molecule has 9 heteroatoms. The van der Waals surface area contributed by atoms with Gasteiger partial charge in [-0.25, -0.2) is 4.98 Å². The molecule has 4 heterocycles. The van der Waals surface area contributed by atoms with Crippen molar-refractivity contribution in [3.8, 4) is 5.75 Å². The smallest absolute Gasteiger partial charge is 0.270 e. The molecule has 9 nitrogen and oxygen atoms in total. The van der Waals surface area contributed by atoms with Crippen LogP contribution in [0.5, 0.6) is 5.75 Å². The molecule has 1 saturated heterocycles. The quantitative estimate of drug-likeness (QED) is 0.740. The molecule has 3 aromatic heterocycles. The number of rotatable bonds is 2. The maximum absolute atomic E-state index is 13.1. The van der Waals surface area contributed by atoms with Crippen LogP contribution in [0.2, 0.25) is 0 Å². The molecule has 1 N–H and O–H groups in total. The van der Waals surface area contributed by atoms with Gasteiger partial charge >= 0.3 is 0 Å². The largest absolute Gasteiger partial charge is 0.504 e. The number of likely N-dealkylation sites (tertiary alicyclic amines) is 1. The maximum atomic E-state index is 13.1. The van der Waals surface area contributed by atoms with E-state index in [0.29, 0.717) is 24.7 Å². The molecule has 0 spiro atoms. The topological polar surface area (TPSA) is 114 Å². The van der Waals surface area contributed by atoms with Crippen molar-refractivity contribution in [2.24, 2.45) is 0 Å². The molecule has 1 fully saturated rings. The van der Waals surface area contributed by atoms with Gasteiger partial charge in [-0.1, -0.05) is 5.16 Å². The predicted molar refractivity (Wildman–Crippen MR) is 89.8 cm³/mol. The van der Waals surface area contributed by atoms with Crippen molar-refractivity contribution in [2.45, 2.75) is 32.2 Å². The zero-order valence-electron chi connectivity index (χ0n) is 14.1. The van der Waals surface area contributed by atoms with Gasteiger partial charge in [0.15, 0.2) is 17.2 Å². The molecule has 0 saturated carbocycles. The number of piperidine rings is 1. The monoisotopic (exact) mass is 355 g/mol. The Bertz CT molecular complexity index is 1040. The second-order valence-electron chi connectivity index (χ2n) is 6.25. The second kappa shape index (κ2) is 6.25. The highest BCUT2D eigenvalue weighted by Crippen LogP contribution is 2.30. The van der Waals surface area contributed by atoms with Crippen molar-refractivity contribution in [2.75, 3.05) is 6.54 Å². The first-order chi connectivity index (χ1) is 12.6. The van der Waals surface area contributed by atoms with Crippen LogP contribution in [-0.4, -0.2) is 42.0 Å². The summed E-state index contributed by atoms with van der Waals surface area (Å²) in [4.78, 5) is 35.7. The fraction of sp³-hybridized carbons (Fsp3) is 0.353. The zero-order chi connectivity index (χ0) is 18.3. The van der Waals surface area contributed by atoms with Crippen LogP contribution >= 0.6 is 0 Å². The van der Waals surface area contributed by atoms with Gasteiger partial charge in [0.25, 0.3) is 11.5 Å². The van der Waals surface area contributed by atoms with Crippen molar-refractivity contribution in [1.82, 2.24) is 24.4 Å². The number of pyridine rings is 1. The summed E-state index contributed by atoms with van der Waals surface area (Å²) in [5.74, 6) is 0.324. The van der Waals surface area contributed by atoms with E-state index < -0.39 is 11.5 Å². The van der Waals surface area contributed by atoms with Gasteiger partial charge in [-0.3, -0.25) is 14.0 Å². The number of aromatic hydroxyl groups is 1. The van der Waals surface area contributed by atoms with E-state index in [1.807, 2.05) is 0 Å². The molecule has 3 aromatic rings. The lowest BCUT2D eigenvalue weighted by molar-refractivity contribution is 0.0559. The molecule has 4 rings (SSSR count). The number of hydrogen-bond acceptors (Lipinski definition) is 7. The highest BCUT2D eigenvalue weighted by atomic mass is 16.5. The predicted octanol–water partition coefficient (Wildman–Crippen LogP) is 1.46. The van der Waals surface area contributed by atoms with Crippen LogP contribution in [0.3, 0.4) is 0 Å². The first-order valence-electron chi connectivity index (χ1n) is 8.37. The molecule has 1 atom stereocenters. The molecule has 1 aliphatic rings. The third kappa shape index (κ3) is 2.61. The molecule has 0 unspecified atom stereocenters. The first kappa shape index (κ1) is 16.2. The number of aryl methyl sites for hydroxylation is 1. The molecule has 1 aliphatic heterocycles. The minimum absolute atomic E-state index is 0.0590. The molecule has 0 aromatic carbocycles. The lowest BCUT2D eigenvalue weighted by atomic mass is 10.0. The third-order valence-corrected chi connectivity index (χ3v) is 4.53. The lowest BCUT2D eigenvalue weighted by Gasteiger charge is -2.33. The highest BCUT2D eigenvalue weighted by molar-refractivity contribution is 5.94. The number of aromatic nitrogens is 4. The third-order valence-electron chi connectivity index (χ3n) is 4.53. The Hall–Kier alpha value is -3.23. The van der Waals surface area contributed by atoms with Crippen LogP contribution < -0.4 is 5.56 Å². The Morgan fingerprint density at radius 1 is 1.38 bits per heavy atom. The van der Waals surface area contributed by atoms with E-state index in [1.54, 1.807) is 11.8 Å². The fourth-order valence-corrected chi connectivity index (χ4v) is 3.27. The highest BCUT2D eigenvalue weighted by Gasteiger charge is 2.33. The van der Waals surface area contributed by atoms with Crippen molar-refractivity contribution in [1.29, 1.82) is 0 Å².